The van der Waals surface area contributed by atoms with Gasteiger partial charge in [-0.3, -0.25) is 0 Å². The molecule has 2 fully saturated rings. The minimum absolute atomic E-state index is 0.473. The highest BCUT2D eigenvalue weighted by molar-refractivity contribution is 5.32. The Labute approximate surface area is 128 Å². The highest BCUT2D eigenvalue weighted by Gasteiger charge is 2.42. The van der Waals surface area contributed by atoms with Gasteiger partial charge in [0.15, 0.2) is 0 Å². The van der Waals surface area contributed by atoms with Crippen LogP contribution in [0, 0.1) is 11.8 Å². The van der Waals surface area contributed by atoms with Gasteiger partial charge in [-0.25, -0.2) is 4.98 Å². The van der Waals surface area contributed by atoms with E-state index >= 15 is 0 Å². The largest absolute Gasteiger partial charge is 0.389 e. The van der Waals surface area contributed by atoms with Gasteiger partial charge in [-0.05, 0) is 42.4 Å². The summed E-state index contributed by atoms with van der Waals surface area (Å²) in [5.74, 6) is 1.75. The third-order valence-corrected chi connectivity index (χ3v) is 5.64. The molecule has 3 rings (SSSR count). The average molecular weight is 288 g/mol. The molecule has 2 aliphatic rings. The molecule has 1 heterocycles. The van der Waals surface area contributed by atoms with Crippen LogP contribution in [0.15, 0.2) is 18.3 Å². The molecule has 2 aliphatic carbocycles. The zero-order chi connectivity index (χ0) is 14.7. The van der Waals surface area contributed by atoms with E-state index in [1.165, 1.54) is 44.9 Å². The molecule has 0 spiro atoms. The van der Waals surface area contributed by atoms with E-state index in [0.717, 1.165) is 30.7 Å². The Morgan fingerprint density at radius 2 is 1.90 bits per heavy atom. The van der Waals surface area contributed by atoms with E-state index < -0.39 is 5.60 Å². The van der Waals surface area contributed by atoms with Crippen molar-refractivity contribution in [2.75, 3.05) is 5.73 Å². The Balaban J connectivity index is 1.77. The van der Waals surface area contributed by atoms with Gasteiger partial charge in [0.25, 0.3) is 0 Å². The van der Waals surface area contributed by atoms with Crippen molar-refractivity contribution in [3.63, 3.8) is 0 Å². The SMILES string of the molecule is Nc1cc(CC2(O)CCCCC2C2CCCCC2)ccn1. The summed E-state index contributed by atoms with van der Waals surface area (Å²) in [5.41, 5.74) is 6.39. The van der Waals surface area contributed by atoms with E-state index in [-0.39, 0.29) is 0 Å². The fourth-order valence-electron chi connectivity index (χ4n) is 4.64. The summed E-state index contributed by atoms with van der Waals surface area (Å²) >= 11 is 0. The lowest BCUT2D eigenvalue weighted by atomic mass is 9.64. The molecule has 3 N–H and O–H groups in total. The van der Waals surface area contributed by atoms with Crippen LogP contribution < -0.4 is 5.73 Å². The number of anilines is 1. The number of pyridine rings is 1. The van der Waals surface area contributed by atoms with Crippen molar-refractivity contribution in [1.82, 2.24) is 4.98 Å². The molecule has 3 heteroatoms. The number of aliphatic hydroxyl groups is 1. The molecule has 3 nitrogen and oxygen atoms in total. The maximum atomic E-state index is 11.4. The summed E-state index contributed by atoms with van der Waals surface area (Å²) in [4.78, 5) is 4.06. The zero-order valence-electron chi connectivity index (χ0n) is 12.9. The van der Waals surface area contributed by atoms with E-state index in [2.05, 4.69) is 4.98 Å². The van der Waals surface area contributed by atoms with Crippen LogP contribution in [-0.4, -0.2) is 15.7 Å². The minimum atomic E-state index is -0.534. The summed E-state index contributed by atoms with van der Waals surface area (Å²) in [6.07, 6.45) is 13.8. The second-order valence-corrected chi connectivity index (χ2v) is 7.12. The molecule has 2 saturated carbocycles. The van der Waals surface area contributed by atoms with Gasteiger partial charge in [0, 0.05) is 12.6 Å². The molecule has 0 radical (unpaired) electrons. The molecule has 1 aromatic heterocycles. The number of hydrogen-bond acceptors (Lipinski definition) is 3. The molecular formula is C18H28N2O. The number of aromatic nitrogens is 1. The molecule has 2 atom stereocenters. The van der Waals surface area contributed by atoms with Crippen LogP contribution in [-0.2, 0) is 6.42 Å². The van der Waals surface area contributed by atoms with Crippen LogP contribution in [0.3, 0.4) is 0 Å². The summed E-state index contributed by atoms with van der Waals surface area (Å²) < 4.78 is 0. The lowest BCUT2D eigenvalue weighted by molar-refractivity contribution is -0.0766. The first-order valence-electron chi connectivity index (χ1n) is 8.60. The maximum Gasteiger partial charge on any atom is 0.123 e. The fourth-order valence-corrected chi connectivity index (χ4v) is 4.64. The van der Waals surface area contributed by atoms with Gasteiger partial charge in [0.2, 0.25) is 0 Å². The molecule has 0 aliphatic heterocycles. The first-order chi connectivity index (χ1) is 10.2. The Kier molecular flexibility index (Phi) is 4.48. The summed E-state index contributed by atoms with van der Waals surface area (Å²) in [7, 11) is 0. The molecule has 2 unspecified atom stereocenters. The molecule has 0 aromatic carbocycles. The second-order valence-electron chi connectivity index (χ2n) is 7.12. The van der Waals surface area contributed by atoms with Gasteiger partial charge in [-0.15, -0.1) is 0 Å². The van der Waals surface area contributed by atoms with Crippen molar-refractivity contribution >= 4 is 5.82 Å². The molecular weight excluding hydrogens is 260 g/mol. The molecule has 0 amide bonds. The quantitative estimate of drug-likeness (QED) is 0.891. The van der Waals surface area contributed by atoms with Gasteiger partial charge in [-0.2, -0.15) is 0 Å². The lowest BCUT2D eigenvalue weighted by Gasteiger charge is -2.45. The number of nitrogens with two attached hydrogens (primary N) is 1. The number of rotatable bonds is 3. The topological polar surface area (TPSA) is 59.1 Å². The van der Waals surface area contributed by atoms with Gasteiger partial charge in [0.1, 0.15) is 5.82 Å². The van der Waals surface area contributed by atoms with Crippen LogP contribution in [0.2, 0.25) is 0 Å². The van der Waals surface area contributed by atoms with Crippen LogP contribution in [0.25, 0.3) is 0 Å². The highest BCUT2D eigenvalue weighted by atomic mass is 16.3. The van der Waals surface area contributed by atoms with Crippen molar-refractivity contribution in [3.05, 3.63) is 23.9 Å². The number of hydrogen-bond donors (Lipinski definition) is 2. The number of nitrogens with zero attached hydrogens (tertiary/aromatic N) is 1. The van der Waals surface area contributed by atoms with Gasteiger partial charge in [0.05, 0.1) is 5.60 Å². The average Bonchev–Trinajstić information content (AvgIpc) is 2.48. The Morgan fingerprint density at radius 1 is 1.14 bits per heavy atom. The predicted molar refractivity (Wildman–Crippen MR) is 85.8 cm³/mol. The fraction of sp³-hybridized carbons (Fsp3) is 0.722. The molecule has 116 valence electrons. The zero-order valence-corrected chi connectivity index (χ0v) is 12.9. The Morgan fingerprint density at radius 3 is 2.67 bits per heavy atom. The molecule has 21 heavy (non-hydrogen) atoms. The third-order valence-electron chi connectivity index (χ3n) is 5.64. The maximum absolute atomic E-state index is 11.4. The van der Waals surface area contributed by atoms with E-state index in [9.17, 15) is 5.11 Å². The van der Waals surface area contributed by atoms with Crippen LogP contribution in [0.5, 0.6) is 0 Å². The van der Waals surface area contributed by atoms with Crippen LogP contribution >= 0.6 is 0 Å². The van der Waals surface area contributed by atoms with Crippen molar-refractivity contribution in [2.45, 2.75) is 69.8 Å². The van der Waals surface area contributed by atoms with E-state index in [0.29, 0.717) is 11.7 Å². The van der Waals surface area contributed by atoms with Gasteiger partial charge >= 0.3 is 0 Å². The monoisotopic (exact) mass is 288 g/mol. The minimum Gasteiger partial charge on any atom is -0.389 e. The van der Waals surface area contributed by atoms with Crippen molar-refractivity contribution in [1.29, 1.82) is 0 Å². The van der Waals surface area contributed by atoms with E-state index in [1.807, 2.05) is 12.1 Å². The smallest absolute Gasteiger partial charge is 0.123 e. The second kappa shape index (κ2) is 6.35. The van der Waals surface area contributed by atoms with Gasteiger partial charge < -0.3 is 10.8 Å². The molecule has 1 aromatic rings. The summed E-state index contributed by atoms with van der Waals surface area (Å²) in [6, 6.07) is 3.92. The van der Waals surface area contributed by atoms with Crippen LogP contribution in [0.1, 0.15) is 63.4 Å². The van der Waals surface area contributed by atoms with E-state index in [1.54, 1.807) is 6.20 Å². The number of nitrogen functional groups attached to an aromatic ring is 1. The Bertz CT molecular complexity index is 470. The predicted octanol–water partition coefficient (Wildman–Crippen LogP) is 3.71. The standard InChI is InChI=1S/C18H28N2O/c19-17-12-14(9-11-20-17)13-18(21)10-5-4-8-16(18)15-6-2-1-3-7-15/h9,11-12,15-16,21H,1-8,10,13H2,(H2,19,20). The van der Waals surface area contributed by atoms with Crippen LogP contribution in [0.4, 0.5) is 5.82 Å². The van der Waals surface area contributed by atoms with Gasteiger partial charge in [-0.1, -0.05) is 44.9 Å². The summed E-state index contributed by atoms with van der Waals surface area (Å²) in [5, 5.41) is 11.4. The highest BCUT2D eigenvalue weighted by Crippen LogP contribution is 2.45. The first kappa shape index (κ1) is 14.8. The first-order valence-corrected chi connectivity index (χ1v) is 8.60. The lowest BCUT2D eigenvalue weighted by Crippen LogP contribution is -2.46. The van der Waals surface area contributed by atoms with Crippen molar-refractivity contribution in [2.24, 2.45) is 11.8 Å². The molecule has 0 saturated heterocycles. The normalized spacial score (nSPS) is 31.2. The summed E-state index contributed by atoms with van der Waals surface area (Å²) in [6.45, 7) is 0. The molecule has 0 bridgehead atoms. The van der Waals surface area contributed by atoms with Crippen molar-refractivity contribution < 1.29 is 5.11 Å². The third kappa shape index (κ3) is 3.39. The van der Waals surface area contributed by atoms with E-state index in [4.69, 9.17) is 5.73 Å². The Hall–Kier alpha value is -1.09. The van der Waals surface area contributed by atoms with Crippen molar-refractivity contribution in [3.8, 4) is 0 Å².